The number of carbonyl (C=O) groups is 1. The number of allylic oxidation sites excluding steroid dienone is 2. The largest absolute Gasteiger partial charge is 0.481 e. The van der Waals surface area contributed by atoms with Gasteiger partial charge in [0.2, 0.25) is 0 Å². The van der Waals surface area contributed by atoms with Crippen LogP contribution in [0.15, 0.2) is 24.3 Å². The Morgan fingerprint density at radius 1 is 1.27 bits per heavy atom. The number of carboxylic acid groups (broad SMARTS) is 1. The van der Waals surface area contributed by atoms with Crippen LogP contribution in [0.25, 0.3) is 0 Å². The van der Waals surface area contributed by atoms with Crippen molar-refractivity contribution in [3.63, 3.8) is 0 Å². The highest BCUT2D eigenvalue weighted by molar-refractivity contribution is 5.66. The molecule has 0 aromatic heterocycles. The highest BCUT2D eigenvalue weighted by Crippen LogP contribution is 2.39. The van der Waals surface area contributed by atoms with Crippen molar-refractivity contribution in [2.24, 2.45) is 11.8 Å². The summed E-state index contributed by atoms with van der Waals surface area (Å²) in [4.78, 5) is 10.5. The summed E-state index contributed by atoms with van der Waals surface area (Å²) in [7, 11) is 0. The molecule has 5 nitrogen and oxygen atoms in total. The molecule has 2 aliphatic heterocycles. The minimum absolute atomic E-state index is 0.0225. The van der Waals surface area contributed by atoms with E-state index in [0.29, 0.717) is 18.3 Å². The van der Waals surface area contributed by atoms with Crippen molar-refractivity contribution in [1.82, 2.24) is 0 Å². The van der Waals surface area contributed by atoms with E-state index in [-0.39, 0.29) is 18.8 Å². The van der Waals surface area contributed by atoms with Gasteiger partial charge in [-0.3, -0.25) is 4.79 Å². The van der Waals surface area contributed by atoms with Crippen molar-refractivity contribution in [2.45, 2.75) is 83.2 Å². The second kappa shape index (κ2) is 11.5. The van der Waals surface area contributed by atoms with Crippen LogP contribution in [0.2, 0.25) is 0 Å². The van der Waals surface area contributed by atoms with Crippen LogP contribution in [0.1, 0.15) is 64.7 Å². The Hall–Kier alpha value is -1.17. The Labute approximate surface area is 157 Å². The maximum absolute atomic E-state index is 10.5. The normalized spacial score (nSPS) is 29.6. The number of ether oxygens (including phenoxy) is 2. The maximum Gasteiger partial charge on any atom is 0.303 e. The Morgan fingerprint density at radius 3 is 2.88 bits per heavy atom. The summed E-state index contributed by atoms with van der Waals surface area (Å²) < 4.78 is 11.7. The second-order valence-electron chi connectivity index (χ2n) is 7.46. The monoisotopic (exact) mass is 366 g/mol. The van der Waals surface area contributed by atoms with Crippen molar-refractivity contribution in [3.05, 3.63) is 24.3 Å². The third kappa shape index (κ3) is 7.22. The third-order valence-corrected chi connectivity index (χ3v) is 5.29. The van der Waals surface area contributed by atoms with Crippen LogP contribution in [0.4, 0.5) is 0 Å². The van der Waals surface area contributed by atoms with E-state index in [4.69, 9.17) is 14.6 Å². The number of fused-ring (bicyclic) bond motifs is 2. The highest BCUT2D eigenvalue weighted by atomic mass is 16.7. The Kier molecular flexibility index (Phi) is 9.37. The van der Waals surface area contributed by atoms with Gasteiger partial charge in [0, 0.05) is 12.8 Å². The van der Waals surface area contributed by atoms with Gasteiger partial charge in [-0.1, -0.05) is 50.5 Å². The molecule has 5 heteroatoms. The summed E-state index contributed by atoms with van der Waals surface area (Å²) in [5.74, 6) is 0.101. The first-order valence-corrected chi connectivity index (χ1v) is 10.1. The van der Waals surface area contributed by atoms with Crippen LogP contribution in [-0.2, 0) is 14.3 Å². The molecule has 2 fully saturated rings. The highest BCUT2D eigenvalue weighted by Gasteiger charge is 2.42. The summed E-state index contributed by atoms with van der Waals surface area (Å²) in [6.07, 6.45) is 15.3. The molecule has 2 N–H and O–H groups in total. The molecule has 2 saturated heterocycles. The van der Waals surface area contributed by atoms with Crippen molar-refractivity contribution in [2.75, 3.05) is 6.61 Å². The smallest absolute Gasteiger partial charge is 0.303 e. The minimum Gasteiger partial charge on any atom is -0.481 e. The number of carboxylic acids is 1. The molecular weight excluding hydrogens is 332 g/mol. The fourth-order valence-electron chi connectivity index (χ4n) is 3.75. The zero-order chi connectivity index (χ0) is 18.8. The molecule has 26 heavy (non-hydrogen) atoms. The Bertz CT molecular complexity index is 473. The molecule has 0 aliphatic carbocycles. The topological polar surface area (TPSA) is 76.0 Å². The van der Waals surface area contributed by atoms with Gasteiger partial charge < -0.3 is 19.7 Å². The van der Waals surface area contributed by atoms with E-state index >= 15 is 0 Å². The molecule has 2 bridgehead atoms. The molecule has 2 rings (SSSR count). The second-order valence-corrected chi connectivity index (χ2v) is 7.46. The molecule has 0 saturated carbocycles. The van der Waals surface area contributed by atoms with Crippen LogP contribution < -0.4 is 0 Å². The van der Waals surface area contributed by atoms with E-state index in [9.17, 15) is 9.90 Å². The number of unbranched alkanes of at least 4 members (excludes halogenated alkanes) is 3. The molecule has 0 amide bonds. The lowest BCUT2D eigenvalue weighted by molar-refractivity contribution is -0.147. The van der Waals surface area contributed by atoms with E-state index in [2.05, 4.69) is 19.1 Å². The van der Waals surface area contributed by atoms with Gasteiger partial charge in [0.25, 0.3) is 0 Å². The molecule has 0 spiro atoms. The summed E-state index contributed by atoms with van der Waals surface area (Å²) in [5, 5.41) is 18.8. The minimum atomic E-state index is -0.740. The lowest BCUT2D eigenvalue weighted by Crippen LogP contribution is -2.35. The van der Waals surface area contributed by atoms with Gasteiger partial charge in [-0.25, -0.2) is 0 Å². The van der Waals surface area contributed by atoms with Gasteiger partial charge in [-0.15, -0.1) is 0 Å². The van der Waals surface area contributed by atoms with Gasteiger partial charge in [0.1, 0.15) is 0 Å². The van der Waals surface area contributed by atoms with E-state index in [0.717, 1.165) is 51.6 Å². The summed E-state index contributed by atoms with van der Waals surface area (Å²) in [6, 6.07) is 0. The number of aliphatic hydroxyl groups is 1. The first-order chi connectivity index (χ1) is 12.6. The van der Waals surface area contributed by atoms with E-state index in [1.54, 1.807) is 0 Å². The lowest BCUT2D eigenvalue weighted by atomic mass is 9.81. The van der Waals surface area contributed by atoms with Crippen LogP contribution in [0, 0.1) is 11.8 Å². The predicted octanol–water partition coefficient (Wildman–Crippen LogP) is 4.06. The average Bonchev–Trinajstić information content (AvgIpc) is 3.00. The molecule has 1 unspecified atom stereocenters. The first-order valence-electron chi connectivity index (χ1n) is 10.1. The number of hydrogen-bond acceptors (Lipinski definition) is 4. The molecule has 0 aromatic carbocycles. The number of hydrogen-bond donors (Lipinski definition) is 2. The van der Waals surface area contributed by atoms with E-state index in [1.165, 1.54) is 0 Å². The zero-order valence-corrected chi connectivity index (χ0v) is 15.9. The Morgan fingerprint density at radius 2 is 2.12 bits per heavy atom. The number of aliphatic hydroxyl groups excluding tert-OH is 1. The standard InChI is InChI=1S/C21H34O5/c1-2-3-6-9-17(22)12-13-19-18(16-14-21(26-19)25-15-16)10-7-4-5-8-11-20(23)24/h4,7,12-13,16-19,21-22H,2-3,5-6,8-11,14-15H2,1H3,(H,23,24)/b7-4-,13-12+/t16-,17+,18-,19?,21+/m0/s1. The van der Waals surface area contributed by atoms with Gasteiger partial charge >= 0.3 is 5.97 Å². The van der Waals surface area contributed by atoms with Gasteiger partial charge in [0.15, 0.2) is 6.29 Å². The molecule has 0 radical (unpaired) electrons. The number of rotatable bonds is 12. The maximum atomic E-state index is 10.5. The molecule has 5 atom stereocenters. The van der Waals surface area contributed by atoms with Crippen LogP contribution >= 0.6 is 0 Å². The predicted molar refractivity (Wildman–Crippen MR) is 101 cm³/mol. The molecule has 2 heterocycles. The zero-order valence-electron chi connectivity index (χ0n) is 15.9. The molecule has 148 valence electrons. The fourth-order valence-corrected chi connectivity index (χ4v) is 3.75. The van der Waals surface area contributed by atoms with E-state index < -0.39 is 12.1 Å². The first kappa shape index (κ1) is 21.1. The molecular formula is C21H34O5. The summed E-state index contributed by atoms with van der Waals surface area (Å²) in [5.41, 5.74) is 0. The van der Waals surface area contributed by atoms with Gasteiger partial charge in [-0.2, -0.15) is 0 Å². The molecule has 2 aliphatic rings. The van der Waals surface area contributed by atoms with Crippen molar-refractivity contribution < 1.29 is 24.5 Å². The van der Waals surface area contributed by atoms with Crippen molar-refractivity contribution in [3.8, 4) is 0 Å². The van der Waals surface area contributed by atoms with Crippen LogP contribution in [0.5, 0.6) is 0 Å². The van der Waals surface area contributed by atoms with Crippen molar-refractivity contribution in [1.29, 1.82) is 0 Å². The average molecular weight is 366 g/mol. The quantitative estimate of drug-likeness (QED) is 0.402. The van der Waals surface area contributed by atoms with Gasteiger partial charge in [0.05, 0.1) is 18.8 Å². The fraction of sp³-hybridized carbons (Fsp3) is 0.762. The summed E-state index contributed by atoms with van der Waals surface area (Å²) in [6.45, 7) is 2.90. The lowest BCUT2D eigenvalue weighted by Gasteiger charge is -2.33. The third-order valence-electron chi connectivity index (χ3n) is 5.29. The van der Waals surface area contributed by atoms with Crippen LogP contribution in [0.3, 0.4) is 0 Å². The van der Waals surface area contributed by atoms with Gasteiger partial charge in [-0.05, 0) is 37.5 Å². The number of aliphatic carboxylic acids is 1. The SMILES string of the molecule is CCCCC[C@@H](O)/C=C/C1O[C@@H]2C[C@@H](CO2)[C@@H]1C/C=C\CCCC(=O)O. The Balaban J connectivity index is 1.82. The van der Waals surface area contributed by atoms with E-state index in [1.807, 2.05) is 12.2 Å². The summed E-state index contributed by atoms with van der Waals surface area (Å²) >= 11 is 0. The van der Waals surface area contributed by atoms with Crippen LogP contribution in [-0.4, -0.2) is 41.3 Å². The van der Waals surface area contributed by atoms with Crippen molar-refractivity contribution >= 4 is 5.97 Å². The molecule has 0 aromatic rings.